The number of ether oxygens (including phenoxy) is 1. The summed E-state index contributed by atoms with van der Waals surface area (Å²) in [5, 5.41) is 0. The van der Waals surface area contributed by atoms with E-state index in [1.54, 1.807) is 0 Å². The predicted molar refractivity (Wildman–Crippen MR) is 71.3 cm³/mol. The molecule has 1 aromatic rings. The lowest BCUT2D eigenvalue weighted by Crippen LogP contribution is -2.35. The van der Waals surface area contributed by atoms with Crippen LogP contribution in [0, 0.1) is 5.41 Å². The van der Waals surface area contributed by atoms with E-state index in [1.807, 2.05) is 23.1 Å². The van der Waals surface area contributed by atoms with Gasteiger partial charge in [-0.3, -0.25) is 4.79 Å². The number of carbonyl (C=O) groups excluding carboxylic acids is 1. The molecule has 3 nitrogen and oxygen atoms in total. The molecule has 100 valence electrons. The van der Waals surface area contributed by atoms with Crippen LogP contribution in [0.2, 0.25) is 0 Å². The van der Waals surface area contributed by atoms with Crippen molar-refractivity contribution in [2.24, 2.45) is 5.41 Å². The Morgan fingerprint density at radius 2 is 1.89 bits per heavy atom. The van der Waals surface area contributed by atoms with Crippen LogP contribution in [0.1, 0.15) is 43.9 Å². The molecular formula is C16H19NO2. The summed E-state index contributed by atoms with van der Waals surface area (Å²) in [6.45, 7) is 0.701. The van der Waals surface area contributed by atoms with Gasteiger partial charge in [-0.1, -0.05) is 43.2 Å². The van der Waals surface area contributed by atoms with Crippen molar-refractivity contribution >= 4 is 5.91 Å². The summed E-state index contributed by atoms with van der Waals surface area (Å²) in [6, 6.07) is 10.4. The molecule has 0 unspecified atom stereocenters. The summed E-state index contributed by atoms with van der Waals surface area (Å²) in [5.74, 6) is 0.348. The molecule has 4 rings (SSSR count). The first-order valence-corrected chi connectivity index (χ1v) is 7.30. The molecule has 2 atom stereocenters. The van der Waals surface area contributed by atoms with Gasteiger partial charge in [-0.15, -0.1) is 0 Å². The normalized spacial score (nSPS) is 32.2. The van der Waals surface area contributed by atoms with Gasteiger partial charge in [-0.05, 0) is 19.3 Å². The van der Waals surface area contributed by atoms with Crippen LogP contribution in [0.5, 0.6) is 0 Å². The van der Waals surface area contributed by atoms with Crippen LogP contribution in [0.3, 0.4) is 0 Å². The zero-order valence-corrected chi connectivity index (χ0v) is 11.0. The van der Waals surface area contributed by atoms with Crippen molar-refractivity contribution in [2.45, 2.75) is 44.4 Å². The van der Waals surface area contributed by atoms with Crippen LogP contribution >= 0.6 is 0 Å². The first-order valence-electron chi connectivity index (χ1n) is 7.30. The van der Waals surface area contributed by atoms with Gasteiger partial charge in [0.1, 0.15) is 0 Å². The largest absolute Gasteiger partial charge is 0.352 e. The second-order valence-corrected chi connectivity index (χ2v) is 6.15. The van der Waals surface area contributed by atoms with Gasteiger partial charge in [-0.25, -0.2) is 0 Å². The highest BCUT2D eigenvalue weighted by atomic mass is 16.5. The third-order valence-electron chi connectivity index (χ3n) is 5.05. The molecule has 2 aliphatic heterocycles. The molecule has 1 amide bonds. The molecule has 0 N–H and O–H groups in total. The molecular weight excluding hydrogens is 238 g/mol. The maximum atomic E-state index is 12.8. The molecule has 0 aromatic heterocycles. The van der Waals surface area contributed by atoms with E-state index in [4.69, 9.17) is 4.74 Å². The van der Waals surface area contributed by atoms with Gasteiger partial charge in [0.2, 0.25) is 5.91 Å². The Balaban J connectivity index is 1.66. The number of nitrogens with zero attached hydrogens (tertiary/aromatic N) is 1. The Kier molecular flexibility index (Phi) is 2.46. The number of carbonyl (C=O) groups is 1. The zero-order chi connectivity index (χ0) is 12.9. The van der Waals surface area contributed by atoms with Crippen molar-refractivity contribution in [3.05, 3.63) is 35.9 Å². The van der Waals surface area contributed by atoms with Crippen molar-refractivity contribution in [3.63, 3.8) is 0 Å². The minimum atomic E-state index is -0.154. The molecule has 0 bridgehead atoms. The summed E-state index contributed by atoms with van der Waals surface area (Å²) in [4.78, 5) is 14.9. The van der Waals surface area contributed by atoms with Gasteiger partial charge in [0.15, 0.2) is 6.23 Å². The van der Waals surface area contributed by atoms with Crippen LogP contribution in [0.25, 0.3) is 0 Å². The van der Waals surface area contributed by atoms with Gasteiger partial charge < -0.3 is 9.64 Å². The van der Waals surface area contributed by atoms with Crippen LogP contribution in [0.4, 0.5) is 0 Å². The van der Waals surface area contributed by atoms with E-state index in [-0.39, 0.29) is 11.6 Å². The average Bonchev–Trinajstić information content (AvgIpc) is 3.12. The Hall–Kier alpha value is -1.35. The Morgan fingerprint density at radius 3 is 2.63 bits per heavy atom. The van der Waals surface area contributed by atoms with E-state index in [0.29, 0.717) is 18.6 Å². The van der Waals surface area contributed by atoms with Crippen molar-refractivity contribution in [1.29, 1.82) is 0 Å². The summed E-state index contributed by atoms with van der Waals surface area (Å²) in [5.41, 5.74) is 1.06. The van der Waals surface area contributed by atoms with E-state index < -0.39 is 0 Å². The van der Waals surface area contributed by atoms with E-state index in [2.05, 4.69) is 12.1 Å². The summed E-state index contributed by atoms with van der Waals surface area (Å²) >= 11 is 0. The lowest BCUT2D eigenvalue weighted by Gasteiger charge is -2.26. The number of amides is 1. The molecule has 1 aromatic carbocycles. The number of rotatable bonds is 1. The third kappa shape index (κ3) is 1.57. The van der Waals surface area contributed by atoms with Crippen LogP contribution in [-0.2, 0) is 9.53 Å². The van der Waals surface area contributed by atoms with Gasteiger partial charge in [0, 0.05) is 5.56 Å². The molecule has 3 aliphatic rings. The minimum Gasteiger partial charge on any atom is -0.352 e. The molecule has 1 saturated carbocycles. The van der Waals surface area contributed by atoms with Crippen LogP contribution in [-0.4, -0.2) is 23.5 Å². The summed E-state index contributed by atoms with van der Waals surface area (Å²) in [6.07, 6.45) is 5.45. The molecule has 2 heterocycles. The standard InChI is InChI=1S/C16H19NO2/c18-15-16(8-4-5-9-16)10-13-11-19-14(17(13)15)12-6-2-1-3-7-12/h1-3,6-7,13-14H,4-5,8-11H2/t13-,14+/m0/s1. The quantitative estimate of drug-likeness (QED) is 0.774. The molecule has 1 spiro atoms. The van der Waals surface area contributed by atoms with Crippen molar-refractivity contribution in [3.8, 4) is 0 Å². The van der Waals surface area contributed by atoms with Gasteiger partial charge in [-0.2, -0.15) is 0 Å². The average molecular weight is 257 g/mol. The van der Waals surface area contributed by atoms with E-state index in [0.717, 1.165) is 24.8 Å². The van der Waals surface area contributed by atoms with Crippen LogP contribution in [0.15, 0.2) is 30.3 Å². The molecule has 3 heteroatoms. The Bertz CT molecular complexity index is 493. The molecule has 1 aliphatic carbocycles. The second-order valence-electron chi connectivity index (χ2n) is 6.15. The smallest absolute Gasteiger partial charge is 0.231 e. The monoisotopic (exact) mass is 257 g/mol. The van der Waals surface area contributed by atoms with Crippen molar-refractivity contribution < 1.29 is 9.53 Å². The third-order valence-corrected chi connectivity index (χ3v) is 5.05. The van der Waals surface area contributed by atoms with Crippen LogP contribution < -0.4 is 0 Å². The number of benzene rings is 1. The molecule has 19 heavy (non-hydrogen) atoms. The second kappa shape index (κ2) is 4.07. The summed E-state index contributed by atoms with van der Waals surface area (Å²) < 4.78 is 5.88. The SMILES string of the molecule is O=C1N2[C@H](CO[C@@H]2c2ccccc2)CC12CCCC2. The maximum absolute atomic E-state index is 12.8. The number of hydrogen-bond donors (Lipinski definition) is 0. The molecule has 2 saturated heterocycles. The topological polar surface area (TPSA) is 29.5 Å². The zero-order valence-electron chi connectivity index (χ0n) is 11.0. The van der Waals surface area contributed by atoms with Crippen molar-refractivity contribution in [1.82, 2.24) is 4.90 Å². The molecule has 3 fully saturated rings. The minimum absolute atomic E-state index is 0.0402. The summed E-state index contributed by atoms with van der Waals surface area (Å²) in [7, 11) is 0. The number of hydrogen-bond acceptors (Lipinski definition) is 2. The fourth-order valence-corrected chi connectivity index (χ4v) is 4.14. The maximum Gasteiger partial charge on any atom is 0.231 e. The highest BCUT2D eigenvalue weighted by Crippen LogP contribution is 2.53. The highest BCUT2D eigenvalue weighted by Gasteiger charge is 2.57. The fraction of sp³-hybridized carbons (Fsp3) is 0.562. The lowest BCUT2D eigenvalue weighted by molar-refractivity contribution is -0.142. The van der Waals surface area contributed by atoms with Crippen molar-refractivity contribution in [2.75, 3.05) is 6.61 Å². The van der Waals surface area contributed by atoms with E-state index in [1.165, 1.54) is 12.8 Å². The number of fused-ring (bicyclic) bond motifs is 1. The van der Waals surface area contributed by atoms with Gasteiger partial charge in [0.05, 0.1) is 18.1 Å². The lowest BCUT2D eigenvalue weighted by atomic mass is 9.83. The first kappa shape index (κ1) is 11.5. The Labute approximate surface area is 113 Å². The highest BCUT2D eigenvalue weighted by molar-refractivity contribution is 5.86. The van der Waals surface area contributed by atoms with Gasteiger partial charge in [0.25, 0.3) is 0 Å². The van der Waals surface area contributed by atoms with E-state index >= 15 is 0 Å². The first-order chi connectivity index (χ1) is 9.30. The fourth-order valence-electron chi connectivity index (χ4n) is 4.14. The molecule has 0 radical (unpaired) electrons. The van der Waals surface area contributed by atoms with Gasteiger partial charge >= 0.3 is 0 Å². The Morgan fingerprint density at radius 1 is 1.16 bits per heavy atom. The van der Waals surface area contributed by atoms with E-state index in [9.17, 15) is 4.79 Å². The predicted octanol–water partition coefficient (Wildman–Crippen LogP) is 2.88.